The van der Waals surface area contributed by atoms with Crippen molar-refractivity contribution in [3.63, 3.8) is 0 Å². The molecule has 0 bridgehead atoms. The van der Waals surface area contributed by atoms with Crippen LogP contribution in [0.1, 0.15) is 27.1 Å². The van der Waals surface area contributed by atoms with E-state index in [1.54, 1.807) is 29.2 Å². The van der Waals surface area contributed by atoms with Gasteiger partial charge in [0.2, 0.25) is 0 Å². The summed E-state index contributed by atoms with van der Waals surface area (Å²) in [5.74, 6) is -0.636. The average Bonchev–Trinajstić information content (AvgIpc) is 3.10. The number of carbonyl (C=O) groups is 2. The van der Waals surface area contributed by atoms with Crippen molar-refractivity contribution >= 4 is 17.6 Å². The fourth-order valence-corrected chi connectivity index (χ4v) is 2.71. The largest absolute Gasteiger partial charge is 0.457 e. The molecule has 25 heavy (non-hydrogen) atoms. The first-order chi connectivity index (χ1) is 12.0. The first-order valence-electron chi connectivity index (χ1n) is 7.84. The number of hydrogen-bond acceptors (Lipinski definition) is 5. The molecule has 128 valence electrons. The summed E-state index contributed by atoms with van der Waals surface area (Å²) >= 11 is 0. The zero-order valence-corrected chi connectivity index (χ0v) is 13.3. The molecule has 1 fully saturated rings. The molecule has 2 aromatic carbocycles. The second-order valence-corrected chi connectivity index (χ2v) is 5.74. The number of carbonyl (C=O) groups excluding carboxylic acids is 2. The highest BCUT2D eigenvalue weighted by atomic mass is 16.6. The van der Waals surface area contributed by atoms with Crippen molar-refractivity contribution in [1.29, 1.82) is 0 Å². The van der Waals surface area contributed by atoms with Crippen molar-refractivity contribution in [2.24, 2.45) is 0 Å². The number of nitrogens with zero attached hydrogens (tertiary/aromatic N) is 2. The maximum atomic E-state index is 12.4. The van der Waals surface area contributed by atoms with Gasteiger partial charge in [-0.05, 0) is 24.3 Å². The Morgan fingerprint density at radius 2 is 1.72 bits per heavy atom. The summed E-state index contributed by atoms with van der Waals surface area (Å²) < 4.78 is 5.41. The molecular weight excluding hydrogens is 324 g/mol. The van der Waals surface area contributed by atoms with Gasteiger partial charge in [0, 0.05) is 30.7 Å². The van der Waals surface area contributed by atoms with E-state index in [2.05, 4.69) is 0 Å². The molecule has 2 aromatic rings. The molecular formula is C18H16N2O5. The lowest BCUT2D eigenvalue weighted by Crippen LogP contribution is -2.30. The molecule has 0 aliphatic carbocycles. The van der Waals surface area contributed by atoms with Crippen molar-refractivity contribution in [1.82, 2.24) is 4.90 Å². The molecule has 1 unspecified atom stereocenters. The molecule has 1 heterocycles. The number of hydrogen-bond donors (Lipinski definition) is 0. The third-order valence-electron chi connectivity index (χ3n) is 4.04. The molecule has 1 aliphatic heterocycles. The van der Waals surface area contributed by atoms with Gasteiger partial charge >= 0.3 is 5.97 Å². The van der Waals surface area contributed by atoms with E-state index in [0.29, 0.717) is 25.1 Å². The standard InChI is InChI=1S/C18H16N2O5/c21-17(13-4-2-1-3-5-13)19-11-10-16(12-19)25-18(22)14-6-8-15(9-7-14)20(23)24/h1-9,16H,10-12H2. The van der Waals surface area contributed by atoms with Crippen molar-refractivity contribution in [2.45, 2.75) is 12.5 Å². The van der Waals surface area contributed by atoms with Crippen LogP contribution in [-0.4, -0.2) is 40.9 Å². The fraction of sp³-hybridized carbons (Fsp3) is 0.222. The van der Waals surface area contributed by atoms with Gasteiger partial charge in [-0.3, -0.25) is 14.9 Å². The molecule has 1 saturated heterocycles. The molecule has 0 spiro atoms. The van der Waals surface area contributed by atoms with Crippen molar-refractivity contribution in [2.75, 3.05) is 13.1 Å². The summed E-state index contributed by atoms with van der Waals surface area (Å²) in [5.41, 5.74) is 0.764. The zero-order chi connectivity index (χ0) is 17.8. The van der Waals surface area contributed by atoms with E-state index in [1.165, 1.54) is 24.3 Å². The molecule has 7 nitrogen and oxygen atoms in total. The van der Waals surface area contributed by atoms with Crippen LogP contribution in [0.15, 0.2) is 54.6 Å². The highest BCUT2D eigenvalue weighted by Crippen LogP contribution is 2.19. The number of rotatable bonds is 4. The van der Waals surface area contributed by atoms with Crippen molar-refractivity contribution in [3.05, 3.63) is 75.8 Å². The molecule has 3 rings (SSSR count). The smallest absolute Gasteiger partial charge is 0.338 e. The average molecular weight is 340 g/mol. The minimum atomic E-state index is -0.547. The predicted molar refractivity (Wildman–Crippen MR) is 89.3 cm³/mol. The summed E-state index contributed by atoms with van der Waals surface area (Å²) in [6.07, 6.45) is 0.187. The quantitative estimate of drug-likeness (QED) is 0.485. The second kappa shape index (κ2) is 7.12. The Labute approximate surface area is 144 Å². The van der Waals surface area contributed by atoms with Crippen molar-refractivity contribution < 1.29 is 19.2 Å². The number of ether oxygens (including phenoxy) is 1. The van der Waals surface area contributed by atoms with Crippen LogP contribution >= 0.6 is 0 Å². The van der Waals surface area contributed by atoms with Crippen LogP contribution in [0.2, 0.25) is 0 Å². The lowest BCUT2D eigenvalue weighted by atomic mass is 10.2. The van der Waals surface area contributed by atoms with Gasteiger partial charge < -0.3 is 9.64 Å². The number of likely N-dealkylation sites (tertiary alicyclic amines) is 1. The van der Waals surface area contributed by atoms with E-state index in [9.17, 15) is 19.7 Å². The normalized spacial score (nSPS) is 16.5. The minimum Gasteiger partial charge on any atom is -0.457 e. The van der Waals surface area contributed by atoms with Gasteiger partial charge in [-0.2, -0.15) is 0 Å². The SMILES string of the molecule is O=C(OC1CCN(C(=O)c2ccccc2)C1)c1ccc([N+](=O)[O-])cc1. The third-order valence-corrected chi connectivity index (χ3v) is 4.04. The molecule has 1 atom stereocenters. The summed E-state index contributed by atoms with van der Waals surface area (Å²) in [6.45, 7) is 0.860. The predicted octanol–water partition coefficient (Wildman–Crippen LogP) is 2.67. The molecule has 0 saturated carbocycles. The first kappa shape index (κ1) is 16.6. The lowest BCUT2D eigenvalue weighted by molar-refractivity contribution is -0.384. The van der Waals surface area contributed by atoms with E-state index >= 15 is 0 Å². The van der Waals surface area contributed by atoms with E-state index in [1.807, 2.05) is 6.07 Å². The van der Waals surface area contributed by atoms with E-state index in [0.717, 1.165) is 0 Å². The van der Waals surface area contributed by atoms with E-state index in [4.69, 9.17) is 4.74 Å². The fourth-order valence-electron chi connectivity index (χ4n) is 2.71. The van der Waals surface area contributed by atoms with Crippen molar-refractivity contribution in [3.8, 4) is 0 Å². The summed E-state index contributed by atoms with van der Waals surface area (Å²) in [5, 5.41) is 10.6. The topological polar surface area (TPSA) is 89.8 Å². The molecule has 0 aromatic heterocycles. The Kier molecular flexibility index (Phi) is 4.74. The molecule has 1 amide bonds. The Morgan fingerprint density at radius 1 is 1.04 bits per heavy atom. The van der Waals surface area contributed by atoms with Crippen LogP contribution in [0.3, 0.4) is 0 Å². The minimum absolute atomic E-state index is 0.0861. The Bertz CT molecular complexity index is 789. The highest BCUT2D eigenvalue weighted by Gasteiger charge is 2.29. The molecule has 0 radical (unpaired) electrons. The van der Waals surface area contributed by atoms with Crippen LogP contribution in [0.25, 0.3) is 0 Å². The number of esters is 1. The van der Waals surface area contributed by atoms with Crippen LogP contribution in [0.5, 0.6) is 0 Å². The zero-order valence-electron chi connectivity index (χ0n) is 13.3. The monoisotopic (exact) mass is 340 g/mol. The maximum Gasteiger partial charge on any atom is 0.338 e. The Balaban J connectivity index is 1.58. The van der Waals surface area contributed by atoms with Gasteiger partial charge in [-0.25, -0.2) is 4.79 Å². The molecule has 0 N–H and O–H groups in total. The van der Waals surface area contributed by atoms with Crippen LogP contribution in [0.4, 0.5) is 5.69 Å². The summed E-state index contributed by atoms with van der Waals surface area (Å²) in [6, 6.07) is 14.2. The van der Waals surface area contributed by atoms with Crippen LogP contribution in [0, 0.1) is 10.1 Å². The third kappa shape index (κ3) is 3.82. The number of non-ortho nitro benzene ring substituents is 1. The van der Waals surface area contributed by atoms with Crippen LogP contribution < -0.4 is 0 Å². The number of benzene rings is 2. The van der Waals surface area contributed by atoms with Crippen LogP contribution in [-0.2, 0) is 4.74 Å². The van der Waals surface area contributed by atoms with Gasteiger partial charge in [0.05, 0.1) is 17.0 Å². The summed E-state index contributed by atoms with van der Waals surface area (Å²) in [7, 11) is 0. The number of amides is 1. The Hall–Kier alpha value is -3.22. The van der Waals surface area contributed by atoms with Gasteiger partial charge in [0.1, 0.15) is 6.10 Å². The maximum absolute atomic E-state index is 12.4. The molecule has 1 aliphatic rings. The second-order valence-electron chi connectivity index (χ2n) is 5.74. The van der Waals surface area contributed by atoms with Gasteiger partial charge in [0.15, 0.2) is 0 Å². The van der Waals surface area contributed by atoms with Gasteiger partial charge in [-0.15, -0.1) is 0 Å². The lowest BCUT2D eigenvalue weighted by Gasteiger charge is -2.16. The molecule has 7 heteroatoms. The van der Waals surface area contributed by atoms with Gasteiger partial charge in [-0.1, -0.05) is 18.2 Å². The Morgan fingerprint density at radius 3 is 2.36 bits per heavy atom. The highest BCUT2D eigenvalue weighted by molar-refractivity contribution is 5.94. The van der Waals surface area contributed by atoms with E-state index < -0.39 is 10.9 Å². The van der Waals surface area contributed by atoms with E-state index in [-0.39, 0.29) is 23.3 Å². The number of nitro groups is 1. The van der Waals surface area contributed by atoms with Gasteiger partial charge in [0.25, 0.3) is 11.6 Å². The number of nitro benzene ring substituents is 1. The summed E-state index contributed by atoms with van der Waals surface area (Å²) in [4.78, 5) is 36.3. The first-order valence-corrected chi connectivity index (χ1v) is 7.84.